The molecule has 0 atom stereocenters. The Morgan fingerprint density at radius 3 is 2.43 bits per heavy atom. The van der Waals surface area contributed by atoms with Gasteiger partial charge < -0.3 is 4.90 Å². The Morgan fingerprint density at radius 1 is 1.29 bits per heavy atom. The van der Waals surface area contributed by atoms with E-state index in [-0.39, 0.29) is 0 Å². The highest BCUT2D eigenvalue weighted by Crippen LogP contribution is 2.24. The normalized spacial score (nSPS) is 19.4. The van der Waals surface area contributed by atoms with Gasteiger partial charge in [-0.2, -0.15) is 0 Å². The summed E-state index contributed by atoms with van der Waals surface area (Å²) >= 11 is 0. The van der Waals surface area contributed by atoms with Crippen LogP contribution in [0.4, 0.5) is 0 Å². The molecule has 0 aliphatic carbocycles. The van der Waals surface area contributed by atoms with Crippen molar-refractivity contribution in [2.75, 3.05) is 19.6 Å². The maximum absolute atomic E-state index is 3.14. The van der Waals surface area contributed by atoms with Crippen LogP contribution in [-0.2, 0) is 0 Å². The quantitative estimate of drug-likeness (QED) is 0.623. The SMILES string of the molecule is CC#CCCN1CCC(C(C)C)CC1. The van der Waals surface area contributed by atoms with Crippen molar-refractivity contribution in [1.29, 1.82) is 0 Å². The second-order valence-electron chi connectivity index (χ2n) is 4.60. The van der Waals surface area contributed by atoms with Crippen LogP contribution in [0.3, 0.4) is 0 Å². The summed E-state index contributed by atoms with van der Waals surface area (Å²) in [5, 5.41) is 0. The summed E-state index contributed by atoms with van der Waals surface area (Å²) in [5.74, 6) is 7.93. The van der Waals surface area contributed by atoms with E-state index in [4.69, 9.17) is 0 Å². The molecule has 1 fully saturated rings. The van der Waals surface area contributed by atoms with Crippen molar-refractivity contribution in [3.63, 3.8) is 0 Å². The van der Waals surface area contributed by atoms with Crippen LogP contribution >= 0.6 is 0 Å². The Morgan fingerprint density at radius 2 is 1.93 bits per heavy atom. The van der Waals surface area contributed by atoms with Crippen LogP contribution in [0, 0.1) is 23.7 Å². The van der Waals surface area contributed by atoms with E-state index in [0.29, 0.717) is 0 Å². The van der Waals surface area contributed by atoms with Gasteiger partial charge >= 0.3 is 0 Å². The van der Waals surface area contributed by atoms with E-state index in [1.807, 2.05) is 6.92 Å². The molecule has 0 saturated carbocycles. The third-order valence-electron chi connectivity index (χ3n) is 3.30. The summed E-state index contributed by atoms with van der Waals surface area (Å²) in [5.41, 5.74) is 0. The Kier molecular flexibility index (Phi) is 5.04. The second-order valence-corrected chi connectivity index (χ2v) is 4.60. The summed E-state index contributed by atoms with van der Waals surface area (Å²) in [7, 11) is 0. The molecule has 0 aromatic carbocycles. The number of rotatable bonds is 3. The largest absolute Gasteiger partial charge is 0.302 e. The van der Waals surface area contributed by atoms with Crippen molar-refractivity contribution >= 4 is 0 Å². The van der Waals surface area contributed by atoms with Crippen molar-refractivity contribution in [2.45, 2.75) is 40.0 Å². The summed E-state index contributed by atoms with van der Waals surface area (Å²) < 4.78 is 0. The fraction of sp³-hybridized carbons (Fsp3) is 0.846. The predicted octanol–water partition coefficient (Wildman–Crippen LogP) is 2.77. The van der Waals surface area contributed by atoms with Gasteiger partial charge in [0.25, 0.3) is 0 Å². The molecule has 0 spiro atoms. The minimum Gasteiger partial charge on any atom is -0.302 e. The molecule has 1 aliphatic rings. The third kappa shape index (κ3) is 3.72. The van der Waals surface area contributed by atoms with Gasteiger partial charge in [0.2, 0.25) is 0 Å². The van der Waals surface area contributed by atoms with E-state index in [1.165, 1.54) is 32.5 Å². The average molecular weight is 193 g/mol. The minimum atomic E-state index is 0.868. The van der Waals surface area contributed by atoms with Gasteiger partial charge in [0.15, 0.2) is 0 Å². The molecule has 0 radical (unpaired) electrons. The molecule has 0 aromatic rings. The maximum Gasteiger partial charge on any atom is 0.0216 e. The van der Waals surface area contributed by atoms with Crippen molar-refractivity contribution in [3.05, 3.63) is 0 Å². The first-order valence-corrected chi connectivity index (χ1v) is 5.86. The van der Waals surface area contributed by atoms with Crippen molar-refractivity contribution in [1.82, 2.24) is 4.90 Å². The van der Waals surface area contributed by atoms with Crippen LogP contribution in [0.25, 0.3) is 0 Å². The predicted molar refractivity (Wildman–Crippen MR) is 62.1 cm³/mol. The van der Waals surface area contributed by atoms with Crippen LogP contribution < -0.4 is 0 Å². The molecule has 0 amide bonds. The second kappa shape index (κ2) is 6.09. The highest BCUT2D eigenvalue weighted by atomic mass is 15.1. The standard InChI is InChI=1S/C13H23N/c1-4-5-6-9-14-10-7-13(8-11-14)12(2)3/h12-13H,6-11H2,1-3H3. The van der Waals surface area contributed by atoms with E-state index < -0.39 is 0 Å². The van der Waals surface area contributed by atoms with Gasteiger partial charge in [-0.15, -0.1) is 11.8 Å². The number of hydrogen-bond acceptors (Lipinski definition) is 1. The number of hydrogen-bond donors (Lipinski definition) is 0. The van der Waals surface area contributed by atoms with E-state index in [0.717, 1.165) is 18.3 Å². The van der Waals surface area contributed by atoms with Gasteiger partial charge in [-0.05, 0) is 44.7 Å². The molecule has 1 heteroatoms. The third-order valence-corrected chi connectivity index (χ3v) is 3.30. The average Bonchev–Trinajstić information content (AvgIpc) is 2.19. The fourth-order valence-corrected chi connectivity index (χ4v) is 2.18. The zero-order valence-corrected chi connectivity index (χ0v) is 9.84. The van der Waals surface area contributed by atoms with E-state index >= 15 is 0 Å². The molecule has 1 rings (SSSR count). The molecular weight excluding hydrogens is 170 g/mol. The minimum absolute atomic E-state index is 0.868. The van der Waals surface area contributed by atoms with E-state index in [9.17, 15) is 0 Å². The smallest absolute Gasteiger partial charge is 0.0216 e. The van der Waals surface area contributed by atoms with Crippen LogP contribution in [-0.4, -0.2) is 24.5 Å². The Balaban J connectivity index is 2.17. The van der Waals surface area contributed by atoms with Gasteiger partial charge in [-0.25, -0.2) is 0 Å². The van der Waals surface area contributed by atoms with Crippen LogP contribution in [0.2, 0.25) is 0 Å². The number of nitrogens with zero attached hydrogens (tertiary/aromatic N) is 1. The molecular formula is C13H23N. The molecule has 0 N–H and O–H groups in total. The van der Waals surface area contributed by atoms with Gasteiger partial charge in [0.05, 0.1) is 0 Å². The highest BCUT2D eigenvalue weighted by Gasteiger charge is 2.20. The Hall–Kier alpha value is -0.480. The summed E-state index contributed by atoms with van der Waals surface area (Å²) in [6, 6.07) is 0. The first-order valence-electron chi connectivity index (χ1n) is 5.86. The van der Waals surface area contributed by atoms with Gasteiger partial charge in [-0.1, -0.05) is 13.8 Å². The maximum atomic E-state index is 3.14. The van der Waals surface area contributed by atoms with Crippen molar-refractivity contribution < 1.29 is 0 Å². The van der Waals surface area contributed by atoms with Gasteiger partial charge in [-0.3, -0.25) is 0 Å². The van der Waals surface area contributed by atoms with E-state index in [1.54, 1.807) is 0 Å². The number of piperidine rings is 1. The highest BCUT2D eigenvalue weighted by molar-refractivity contribution is 4.95. The first-order chi connectivity index (χ1) is 6.74. The molecule has 0 unspecified atom stereocenters. The van der Waals surface area contributed by atoms with E-state index in [2.05, 4.69) is 30.6 Å². The lowest BCUT2D eigenvalue weighted by Gasteiger charge is -2.33. The lowest BCUT2D eigenvalue weighted by atomic mass is 9.87. The molecule has 80 valence electrons. The molecule has 1 heterocycles. The Labute approximate surface area is 88.9 Å². The summed E-state index contributed by atoms with van der Waals surface area (Å²) in [6.07, 6.45) is 3.82. The van der Waals surface area contributed by atoms with Crippen LogP contribution in [0.5, 0.6) is 0 Å². The zero-order chi connectivity index (χ0) is 10.4. The summed E-state index contributed by atoms with van der Waals surface area (Å²) in [4.78, 5) is 2.56. The van der Waals surface area contributed by atoms with Gasteiger partial charge in [0.1, 0.15) is 0 Å². The molecule has 14 heavy (non-hydrogen) atoms. The Bertz CT molecular complexity index is 201. The fourth-order valence-electron chi connectivity index (χ4n) is 2.18. The zero-order valence-electron chi connectivity index (χ0n) is 9.84. The topological polar surface area (TPSA) is 3.24 Å². The molecule has 1 aliphatic heterocycles. The van der Waals surface area contributed by atoms with Crippen LogP contribution in [0.15, 0.2) is 0 Å². The monoisotopic (exact) mass is 193 g/mol. The number of likely N-dealkylation sites (tertiary alicyclic amines) is 1. The van der Waals surface area contributed by atoms with Crippen molar-refractivity contribution in [2.24, 2.45) is 11.8 Å². The molecule has 1 saturated heterocycles. The van der Waals surface area contributed by atoms with Crippen molar-refractivity contribution in [3.8, 4) is 11.8 Å². The summed E-state index contributed by atoms with van der Waals surface area (Å²) in [6.45, 7) is 10.4. The first kappa shape index (κ1) is 11.6. The lowest BCUT2D eigenvalue weighted by Crippen LogP contribution is -2.35. The molecule has 0 bridgehead atoms. The lowest BCUT2D eigenvalue weighted by molar-refractivity contribution is 0.161. The molecule has 0 aromatic heterocycles. The van der Waals surface area contributed by atoms with Crippen LogP contribution in [0.1, 0.15) is 40.0 Å². The molecule has 1 nitrogen and oxygen atoms in total. The van der Waals surface area contributed by atoms with Gasteiger partial charge in [0, 0.05) is 13.0 Å².